The van der Waals surface area contributed by atoms with Crippen molar-refractivity contribution in [2.75, 3.05) is 31.3 Å². The van der Waals surface area contributed by atoms with Crippen LogP contribution in [0.1, 0.15) is 6.42 Å². The molecule has 0 saturated carbocycles. The van der Waals surface area contributed by atoms with E-state index >= 15 is 0 Å². The molecule has 1 heterocycles. The Kier molecular flexibility index (Phi) is 4.93. The van der Waals surface area contributed by atoms with Crippen LogP contribution in [0, 0.1) is 0 Å². The lowest BCUT2D eigenvalue weighted by Gasteiger charge is -2.12. The van der Waals surface area contributed by atoms with Crippen molar-refractivity contribution in [1.29, 1.82) is 0 Å². The number of nitrogens with zero attached hydrogens (tertiary/aromatic N) is 1. The lowest BCUT2D eigenvalue weighted by molar-refractivity contribution is 0.0615. The van der Waals surface area contributed by atoms with Crippen LogP contribution < -0.4 is 22.3 Å². The summed E-state index contributed by atoms with van der Waals surface area (Å²) in [7, 11) is 2.95. The second-order valence-electron chi connectivity index (χ2n) is 3.90. The molecule has 1 rings (SSSR count). The number of aliphatic hydroxyl groups is 1. The normalized spacial score (nSPS) is 12.4. The van der Waals surface area contributed by atoms with E-state index in [0.29, 0.717) is 13.0 Å². The Morgan fingerprint density at radius 3 is 2.83 bits per heavy atom. The maximum atomic E-state index is 11.5. The third-order valence-electron chi connectivity index (χ3n) is 2.51. The first-order valence-corrected chi connectivity index (χ1v) is 5.47. The molecule has 5 N–H and O–H groups in total. The fourth-order valence-electron chi connectivity index (χ4n) is 1.45. The third kappa shape index (κ3) is 3.34. The average molecular weight is 258 g/mol. The van der Waals surface area contributed by atoms with E-state index in [2.05, 4.69) is 10.3 Å². The standard InChI is InChI=1S/C10H18N4O4/c1-14-8(11)7(9(16)13-10(14)17)12-4-3-6(15)5-18-2/h6,12,15H,3-5,11H2,1-2H3,(H,13,16,17). The van der Waals surface area contributed by atoms with E-state index in [1.807, 2.05) is 0 Å². The summed E-state index contributed by atoms with van der Waals surface area (Å²) >= 11 is 0. The Hall–Kier alpha value is -1.80. The molecule has 0 bridgehead atoms. The Balaban J connectivity index is 2.72. The molecular weight excluding hydrogens is 240 g/mol. The van der Waals surface area contributed by atoms with E-state index < -0.39 is 17.4 Å². The van der Waals surface area contributed by atoms with Crippen molar-refractivity contribution < 1.29 is 9.84 Å². The minimum absolute atomic E-state index is 0.0602. The first-order chi connectivity index (χ1) is 8.47. The van der Waals surface area contributed by atoms with Crippen LogP contribution in [0.25, 0.3) is 0 Å². The summed E-state index contributed by atoms with van der Waals surface area (Å²) in [6, 6.07) is 0. The van der Waals surface area contributed by atoms with Gasteiger partial charge in [-0.2, -0.15) is 0 Å². The second kappa shape index (κ2) is 6.22. The van der Waals surface area contributed by atoms with Crippen molar-refractivity contribution in [2.45, 2.75) is 12.5 Å². The smallest absolute Gasteiger partial charge is 0.329 e. The maximum Gasteiger partial charge on any atom is 0.329 e. The molecule has 8 heteroatoms. The topological polar surface area (TPSA) is 122 Å². The van der Waals surface area contributed by atoms with Crippen LogP contribution in [0.5, 0.6) is 0 Å². The Labute approximate surface area is 103 Å². The highest BCUT2D eigenvalue weighted by molar-refractivity contribution is 5.60. The van der Waals surface area contributed by atoms with Crippen LogP contribution in [-0.2, 0) is 11.8 Å². The van der Waals surface area contributed by atoms with Gasteiger partial charge in [-0.1, -0.05) is 0 Å². The zero-order valence-electron chi connectivity index (χ0n) is 10.4. The van der Waals surface area contributed by atoms with Crippen LogP contribution >= 0.6 is 0 Å². The fraction of sp³-hybridized carbons (Fsp3) is 0.600. The highest BCUT2D eigenvalue weighted by Gasteiger charge is 2.10. The number of nitrogens with one attached hydrogen (secondary N) is 2. The van der Waals surface area contributed by atoms with Crippen molar-refractivity contribution >= 4 is 11.5 Å². The summed E-state index contributed by atoms with van der Waals surface area (Å²) in [4.78, 5) is 24.9. The first kappa shape index (κ1) is 14.3. The van der Waals surface area contributed by atoms with E-state index in [-0.39, 0.29) is 18.1 Å². The number of anilines is 2. The Morgan fingerprint density at radius 2 is 2.22 bits per heavy atom. The summed E-state index contributed by atoms with van der Waals surface area (Å²) in [5, 5.41) is 12.2. The zero-order valence-corrected chi connectivity index (χ0v) is 10.4. The molecule has 0 aliphatic carbocycles. The number of H-pyrrole nitrogens is 1. The van der Waals surface area contributed by atoms with Gasteiger partial charge in [0.25, 0.3) is 5.56 Å². The number of methoxy groups -OCH3 is 1. The molecule has 0 aliphatic heterocycles. The number of hydrogen-bond acceptors (Lipinski definition) is 6. The largest absolute Gasteiger partial charge is 0.391 e. The van der Waals surface area contributed by atoms with Gasteiger partial charge in [0.1, 0.15) is 11.5 Å². The molecule has 0 aromatic carbocycles. The van der Waals surface area contributed by atoms with Crippen LogP contribution in [0.4, 0.5) is 11.5 Å². The highest BCUT2D eigenvalue weighted by atomic mass is 16.5. The van der Waals surface area contributed by atoms with E-state index in [4.69, 9.17) is 10.5 Å². The number of aromatic amines is 1. The molecule has 102 valence electrons. The summed E-state index contributed by atoms with van der Waals surface area (Å²) in [6.07, 6.45) is -0.217. The van der Waals surface area contributed by atoms with Crippen LogP contribution in [0.15, 0.2) is 9.59 Å². The number of aromatic nitrogens is 2. The minimum atomic E-state index is -0.615. The number of nitrogens with two attached hydrogens (primary N) is 1. The number of rotatable bonds is 6. The summed E-state index contributed by atoms with van der Waals surface area (Å²) in [6.45, 7) is 0.566. The SMILES string of the molecule is COCC(O)CCNc1c(N)n(C)c(=O)[nH]c1=O. The Bertz CT molecular complexity index is 508. The molecular formula is C10H18N4O4. The van der Waals surface area contributed by atoms with Gasteiger partial charge >= 0.3 is 5.69 Å². The van der Waals surface area contributed by atoms with Crippen molar-refractivity contribution in [2.24, 2.45) is 7.05 Å². The number of nitrogen functional groups attached to an aromatic ring is 1. The first-order valence-electron chi connectivity index (χ1n) is 5.47. The van der Waals surface area contributed by atoms with Gasteiger partial charge < -0.3 is 20.9 Å². The van der Waals surface area contributed by atoms with Gasteiger partial charge in [-0.05, 0) is 6.42 Å². The second-order valence-corrected chi connectivity index (χ2v) is 3.90. The van der Waals surface area contributed by atoms with Crippen molar-refractivity contribution in [3.63, 3.8) is 0 Å². The lowest BCUT2D eigenvalue weighted by Crippen LogP contribution is -2.33. The van der Waals surface area contributed by atoms with Gasteiger partial charge in [-0.15, -0.1) is 0 Å². The van der Waals surface area contributed by atoms with E-state index in [9.17, 15) is 14.7 Å². The van der Waals surface area contributed by atoms with Crippen LogP contribution in [0.2, 0.25) is 0 Å². The molecule has 8 nitrogen and oxygen atoms in total. The van der Waals surface area contributed by atoms with Gasteiger partial charge in [-0.3, -0.25) is 14.3 Å². The third-order valence-corrected chi connectivity index (χ3v) is 2.51. The van der Waals surface area contributed by atoms with Gasteiger partial charge in [-0.25, -0.2) is 4.79 Å². The molecule has 18 heavy (non-hydrogen) atoms. The molecule has 0 fully saturated rings. The predicted molar refractivity (Wildman–Crippen MR) is 67.7 cm³/mol. The number of ether oxygens (including phenoxy) is 1. The summed E-state index contributed by atoms with van der Waals surface area (Å²) in [5.74, 6) is 0.0602. The van der Waals surface area contributed by atoms with E-state index in [0.717, 1.165) is 4.57 Å². The van der Waals surface area contributed by atoms with E-state index in [1.165, 1.54) is 14.2 Å². The Morgan fingerprint density at radius 1 is 1.56 bits per heavy atom. The highest BCUT2D eigenvalue weighted by Crippen LogP contribution is 2.08. The minimum Gasteiger partial charge on any atom is -0.391 e. The van der Waals surface area contributed by atoms with Gasteiger partial charge in [0.2, 0.25) is 0 Å². The zero-order chi connectivity index (χ0) is 13.7. The predicted octanol–water partition coefficient (Wildman–Crippen LogP) is -1.53. The maximum absolute atomic E-state index is 11.5. The molecule has 0 radical (unpaired) electrons. The molecule has 1 atom stereocenters. The molecule has 1 unspecified atom stereocenters. The summed E-state index contributed by atoms with van der Waals surface area (Å²) in [5.41, 5.74) is 4.64. The van der Waals surface area contributed by atoms with Crippen LogP contribution in [0.3, 0.4) is 0 Å². The fourth-order valence-corrected chi connectivity index (χ4v) is 1.45. The quantitative estimate of drug-likeness (QED) is 0.491. The lowest BCUT2D eigenvalue weighted by atomic mass is 10.2. The number of aliphatic hydroxyl groups excluding tert-OH is 1. The average Bonchev–Trinajstić information content (AvgIpc) is 2.31. The molecule has 0 amide bonds. The van der Waals surface area contributed by atoms with Crippen molar-refractivity contribution in [3.05, 3.63) is 20.8 Å². The molecule has 1 aromatic rings. The van der Waals surface area contributed by atoms with Crippen molar-refractivity contribution in [3.8, 4) is 0 Å². The van der Waals surface area contributed by atoms with Crippen molar-refractivity contribution in [1.82, 2.24) is 9.55 Å². The van der Waals surface area contributed by atoms with Crippen LogP contribution in [-0.4, -0.2) is 41.0 Å². The molecule has 0 saturated heterocycles. The summed E-state index contributed by atoms with van der Waals surface area (Å²) < 4.78 is 5.91. The molecule has 1 aromatic heterocycles. The molecule has 0 aliphatic rings. The van der Waals surface area contributed by atoms with E-state index in [1.54, 1.807) is 0 Å². The molecule has 0 spiro atoms. The van der Waals surface area contributed by atoms with Gasteiger partial charge in [0.05, 0.1) is 12.7 Å². The monoisotopic (exact) mass is 258 g/mol. The van der Waals surface area contributed by atoms with Gasteiger partial charge in [0, 0.05) is 20.7 Å². The van der Waals surface area contributed by atoms with Gasteiger partial charge in [0.15, 0.2) is 0 Å². The number of hydrogen-bond donors (Lipinski definition) is 4.